The number of aryl methyl sites for hydroxylation is 3. The number of hydrogen-bond donors (Lipinski definition) is 2. The quantitative estimate of drug-likeness (QED) is 0.257. The van der Waals surface area contributed by atoms with E-state index in [4.69, 9.17) is 4.74 Å². The van der Waals surface area contributed by atoms with Crippen molar-refractivity contribution in [2.24, 2.45) is 7.05 Å². The van der Waals surface area contributed by atoms with Crippen molar-refractivity contribution in [2.75, 3.05) is 6.54 Å². The van der Waals surface area contributed by atoms with Crippen molar-refractivity contribution in [3.8, 4) is 11.6 Å². The first kappa shape index (κ1) is 27.2. The molecule has 9 nitrogen and oxygen atoms in total. The largest absolute Gasteiger partial charge is 0.493 e. The molecule has 0 saturated heterocycles. The highest BCUT2D eigenvalue weighted by atomic mass is 32.1. The second-order valence-corrected chi connectivity index (χ2v) is 11.8. The van der Waals surface area contributed by atoms with Crippen LogP contribution in [0, 0.1) is 13.8 Å². The van der Waals surface area contributed by atoms with Gasteiger partial charge in [-0.05, 0) is 77.1 Å². The Morgan fingerprint density at radius 2 is 2.05 bits per heavy atom. The molecule has 0 saturated carbocycles. The molecule has 10 heteroatoms. The number of carbonyl (C=O) groups is 1. The highest BCUT2D eigenvalue weighted by Crippen LogP contribution is 2.39. The lowest BCUT2D eigenvalue weighted by Gasteiger charge is -2.25. The summed E-state index contributed by atoms with van der Waals surface area (Å²) in [6.45, 7) is 8.03. The lowest BCUT2D eigenvalue weighted by atomic mass is 9.83. The van der Waals surface area contributed by atoms with Gasteiger partial charge in [0.1, 0.15) is 23.1 Å². The van der Waals surface area contributed by atoms with Crippen LogP contribution < -0.4 is 4.74 Å². The first-order valence-corrected chi connectivity index (χ1v) is 14.7. The van der Waals surface area contributed by atoms with E-state index in [2.05, 4.69) is 56.8 Å². The Labute approximate surface area is 242 Å². The number of aromatic nitrogens is 4. The average molecular weight is 572 g/mol. The average Bonchev–Trinajstić information content (AvgIpc) is 3.53. The molecule has 0 radical (unpaired) electrons. The van der Waals surface area contributed by atoms with Gasteiger partial charge in [-0.1, -0.05) is 24.3 Å². The van der Waals surface area contributed by atoms with Crippen LogP contribution in [0.15, 0.2) is 41.8 Å². The van der Waals surface area contributed by atoms with Gasteiger partial charge in [0.15, 0.2) is 0 Å². The fourth-order valence-corrected chi connectivity index (χ4v) is 6.98. The van der Waals surface area contributed by atoms with Crippen molar-refractivity contribution in [3.63, 3.8) is 0 Å². The van der Waals surface area contributed by atoms with Crippen molar-refractivity contribution in [1.82, 2.24) is 24.9 Å². The Morgan fingerprint density at radius 3 is 2.83 bits per heavy atom. The third kappa shape index (κ3) is 5.13. The van der Waals surface area contributed by atoms with Crippen LogP contribution in [0.1, 0.15) is 59.2 Å². The van der Waals surface area contributed by atoms with Crippen LogP contribution in [0.5, 0.6) is 11.6 Å². The molecule has 0 fully saturated rings. The van der Waals surface area contributed by atoms with Crippen LogP contribution in [0.4, 0.5) is 0 Å². The number of fused-ring (bicyclic) bond motifs is 3. The van der Waals surface area contributed by atoms with Crippen molar-refractivity contribution in [1.29, 1.82) is 0 Å². The number of hydrogen-bond acceptors (Lipinski definition) is 8. The number of benzene rings is 2. The van der Waals surface area contributed by atoms with E-state index in [1.54, 1.807) is 28.2 Å². The summed E-state index contributed by atoms with van der Waals surface area (Å²) in [7, 11) is 1.87. The van der Waals surface area contributed by atoms with Crippen LogP contribution in [0.25, 0.3) is 21.1 Å². The maximum Gasteiger partial charge on any atom is 0.304 e. The molecule has 4 heterocycles. The lowest BCUT2D eigenvalue weighted by Crippen LogP contribution is -2.32. The zero-order chi connectivity index (χ0) is 28.8. The SMILES string of the molecule is CC[C@@H]1CN(Cc2cc([C@@H](CC(=O)O)c3cc(C)c4c(nnn4C)c3C)cc3ccsc23)Cc2nc(O)ccc2O1. The standard InChI is InChI=1S/C31H33N5O4S/c1-5-22-15-36(16-25-26(40-22)6-7-27(37)32-25)14-21-12-20(11-19-8-9-41-31(19)21)24(13-28(38)39)23-10-17(2)30-29(18(23)3)33-34-35(30)4/h6-12,22,24H,5,13-16H2,1-4H3,(H,32,37)(H,38,39)/t22-,24-/m1/s1. The second-order valence-electron chi connectivity index (χ2n) is 10.9. The molecular weight excluding hydrogens is 538 g/mol. The first-order chi connectivity index (χ1) is 19.7. The molecule has 3 aromatic heterocycles. The fourth-order valence-electron chi connectivity index (χ4n) is 6.10. The molecule has 6 rings (SSSR count). The van der Waals surface area contributed by atoms with Gasteiger partial charge in [0.2, 0.25) is 5.88 Å². The predicted molar refractivity (Wildman–Crippen MR) is 159 cm³/mol. The van der Waals surface area contributed by atoms with E-state index in [0.29, 0.717) is 31.1 Å². The summed E-state index contributed by atoms with van der Waals surface area (Å²) < 4.78 is 9.19. The Balaban J connectivity index is 1.44. The summed E-state index contributed by atoms with van der Waals surface area (Å²) in [5.41, 5.74) is 7.51. The van der Waals surface area contributed by atoms with Crippen molar-refractivity contribution < 1.29 is 19.7 Å². The lowest BCUT2D eigenvalue weighted by molar-refractivity contribution is -0.137. The van der Waals surface area contributed by atoms with Crippen LogP contribution in [-0.4, -0.2) is 53.7 Å². The predicted octanol–water partition coefficient (Wildman–Crippen LogP) is 5.68. The fraction of sp³-hybridized carbons (Fsp3) is 0.355. The third-order valence-corrected chi connectivity index (χ3v) is 9.07. The molecule has 2 N–H and O–H groups in total. The van der Waals surface area contributed by atoms with E-state index in [1.165, 1.54) is 4.70 Å². The molecule has 212 valence electrons. The van der Waals surface area contributed by atoms with Crippen LogP contribution >= 0.6 is 11.3 Å². The molecule has 0 amide bonds. The summed E-state index contributed by atoms with van der Waals surface area (Å²) in [6, 6.07) is 11.9. The maximum absolute atomic E-state index is 12.2. The topological polar surface area (TPSA) is 114 Å². The number of aromatic hydroxyl groups is 1. The summed E-state index contributed by atoms with van der Waals surface area (Å²) in [5, 5.41) is 31.9. The van der Waals surface area contributed by atoms with Gasteiger partial charge in [0.25, 0.3) is 0 Å². The molecule has 1 aliphatic rings. The Morgan fingerprint density at radius 1 is 1.22 bits per heavy atom. The van der Waals surface area contributed by atoms with Crippen molar-refractivity contribution in [3.05, 3.63) is 75.3 Å². The summed E-state index contributed by atoms with van der Waals surface area (Å²) >= 11 is 1.69. The van der Waals surface area contributed by atoms with Gasteiger partial charge in [-0.3, -0.25) is 9.69 Å². The van der Waals surface area contributed by atoms with Gasteiger partial charge >= 0.3 is 5.97 Å². The van der Waals surface area contributed by atoms with Crippen LogP contribution in [-0.2, 0) is 24.9 Å². The van der Waals surface area contributed by atoms with E-state index in [0.717, 1.165) is 50.7 Å². The number of rotatable bonds is 7. The molecule has 0 unspecified atom stereocenters. The molecular formula is C31H33N5O4S. The zero-order valence-corrected chi connectivity index (χ0v) is 24.4. The van der Waals surface area contributed by atoms with Gasteiger partial charge in [0.05, 0.1) is 11.9 Å². The minimum Gasteiger partial charge on any atom is -0.493 e. The van der Waals surface area contributed by atoms with E-state index in [9.17, 15) is 15.0 Å². The van der Waals surface area contributed by atoms with Crippen LogP contribution in [0.3, 0.4) is 0 Å². The van der Waals surface area contributed by atoms with Gasteiger partial charge in [0, 0.05) is 43.4 Å². The molecule has 0 aliphatic carbocycles. The van der Waals surface area contributed by atoms with E-state index in [1.807, 2.05) is 20.9 Å². The van der Waals surface area contributed by atoms with Gasteiger partial charge in [-0.2, -0.15) is 0 Å². The number of pyridine rings is 1. The molecule has 0 bridgehead atoms. The Hall–Kier alpha value is -4.02. The Bertz CT molecular complexity index is 1780. The monoisotopic (exact) mass is 571 g/mol. The Kier molecular flexibility index (Phi) is 7.13. The molecule has 0 spiro atoms. The normalized spacial score (nSPS) is 16.4. The smallest absolute Gasteiger partial charge is 0.304 e. The van der Waals surface area contributed by atoms with Crippen molar-refractivity contribution in [2.45, 2.75) is 58.7 Å². The maximum atomic E-state index is 12.2. The molecule has 2 atom stereocenters. The van der Waals surface area contributed by atoms with E-state index in [-0.39, 0.29) is 24.3 Å². The van der Waals surface area contributed by atoms with Gasteiger partial charge < -0.3 is 14.9 Å². The second kappa shape index (κ2) is 10.8. The number of carboxylic acid groups (broad SMARTS) is 1. The van der Waals surface area contributed by atoms with E-state index < -0.39 is 5.97 Å². The molecule has 5 aromatic rings. The van der Waals surface area contributed by atoms with Crippen LogP contribution in [0.2, 0.25) is 0 Å². The summed E-state index contributed by atoms with van der Waals surface area (Å²) in [6.07, 6.45) is 0.802. The molecule has 1 aliphatic heterocycles. The zero-order valence-electron chi connectivity index (χ0n) is 23.6. The molecule has 2 aromatic carbocycles. The summed E-state index contributed by atoms with van der Waals surface area (Å²) in [5.74, 6) is -0.516. The number of nitrogens with zero attached hydrogens (tertiary/aromatic N) is 5. The number of carboxylic acids is 1. The number of ether oxygens (including phenoxy) is 1. The molecule has 41 heavy (non-hydrogen) atoms. The van der Waals surface area contributed by atoms with Crippen molar-refractivity contribution >= 4 is 38.4 Å². The third-order valence-electron chi connectivity index (χ3n) is 8.06. The minimum atomic E-state index is -0.851. The van der Waals surface area contributed by atoms with Gasteiger partial charge in [-0.15, -0.1) is 16.4 Å². The van der Waals surface area contributed by atoms with Gasteiger partial charge in [-0.25, -0.2) is 9.67 Å². The number of aliphatic carboxylic acids is 1. The summed E-state index contributed by atoms with van der Waals surface area (Å²) in [4.78, 5) is 18.9. The highest BCUT2D eigenvalue weighted by Gasteiger charge is 2.27. The first-order valence-electron chi connectivity index (χ1n) is 13.8. The number of thiophene rings is 1. The minimum absolute atomic E-state index is 0.00584. The highest BCUT2D eigenvalue weighted by molar-refractivity contribution is 7.17. The van der Waals surface area contributed by atoms with E-state index >= 15 is 0 Å².